The molecule has 0 aliphatic carbocycles. The highest BCUT2D eigenvalue weighted by atomic mass is 79.9. The molecule has 5 rings (SSSR count). The van der Waals surface area contributed by atoms with Gasteiger partial charge in [-0.15, -0.1) is 18.3 Å². The number of aryl methyl sites for hydroxylation is 2. The van der Waals surface area contributed by atoms with Gasteiger partial charge in [-0.1, -0.05) is 83.2 Å². The molecule has 0 radical (unpaired) electrons. The number of esters is 1. The van der Waals surface area contributed by atoms with Crippen molar-refractivity contribution in [2.75, 3.05) is 24.7 Å². The molecule has 3 saturated heterocycles. The van der Waals surface area contributed by atoms with Crippen molar-refractivity contribution in [3.63, 3.8) is 0 Å². The molecule has 42 heavy (non-hydrogen) atoms. The van der Waals surface area contributed by atoms with Gasteiger partial charge in [-0.3, -0.25) is 14.4 Å². The van der Waals surface area contributed by atoms with Crippen LogP contribution in [0.3, 0.4) is 0 Å². The van der Waals surface area contributed by atoms with Crippen molar-refractivity contribution < 1.29 is 24.2 Å². The SMILES string of the molecule is C=CCOC(=O)[C@H]1[C@@H]2SC3(CC2Br)C(C(=O)N(CC=C)c2c(C)cccc2C)N([C@@H](CO)Cc2ccccc2)C(=O)[C@H]13. The van der Waals surface area contributed by atoms with E-state index in [1.54, 1.807) is 27.6 Å². The maximum Gasteiger partial charge on any atom is 0.311 e. The lowest BCUT2D eigenvalue weighted by molar-refractivity contribution is -0.153. The van der Waals surface area contributed by atoms with Crippen molar-refractivity contribution in [1.29, 1.82) is 0 Å². The summed E-state index contributed by atoms with van der Waals surface area (Å²) in [5.41, 5.74) is 3.60. The van der Waals surface area contributed by atoms with Crippen LogP contribution in [0, 0.1) is 25.7 Å². The third-order valence-electron chi connectivity index (χ3n) is 8.78. The van der Waals surface area contributed by atoms with Gasteiger partial charge in [0.05, 0.1) is 29.2 Å². The van der Waals surface area contributed by atoms with E-state index in [0.717, 1.165) is 22.4 Å². The number of thioether (sulfide) groups is 1. The highest BCUT2D eigenvalue weighted by molar-refractivity contribution is 9.09. The Morgan fingerprint density at radius 2 is 1.86 bits per heavy atom. The van der Waals surface area contributed by atoms with Crippen molar-refractivity contribution in [3.8, 4) is 0 Å². The van der Waals surface area contributed by atoms with E-state index in [2.05, 4.69) is 29.1 Å². The number of anilines is 1. The quantitative estimate of drug-likeness (QED) is 0.217. The third-order valence-corrected chi connectivity index (χ3v) is 12.0. The van der Waals surface area contributed by atoms with E-state index in [4.69, 9.17) is 4.74 Å². The average Bonchev–Trinajstić information content (AvgIpc) is 3.57. The Morgan fingerprint density at radius 1 is 1.17 bits per heavy atom. The molecule has 3 unspecified atom stereocenters. The van der Waals surface area contributed by atoms with E-state index >= 15 is 0 Å². The van der Waals surface area contributed by atoms with Gasteiger partial charge < -0.3 is 19.6 Å². The second-order valence-electron chi connectivity index (χ2n) is 11.3. The number of para-hydroxylation sites is 1. The number of aliphatic hydroxyl groups is 1. The summed E-state index contributed by atoms with van der Waals surface area (Å²) >= 11 is 5.35. The van der Waals surface area contributed by atoms with Crippen LogP contribution in [0.1, 0.15) is 23.1 Å². The van der Waals surface area contributed by atoms with E-state index < -0.39 is 34.6 Å². The number of halogens is 1. The number of amides is 2. The monoisotopic (exact) mass is 652 g/mol. The predicted molar refractivity (Wildman–Crippen MR) is 170 cm³/mol. The minimum absolute atomic E-state index is 0.0482. The van der Waals surface area contributed by atoms with Crippen molar-refractivity contribution in [3.05, 3.63) is 90.5 Å². The number of ether oxygens (including phenoxy) is 1. The summed E-state index contributed by atoms with van der Waals surface area (Å²) in [5.74, 6) is -2.43. The van der Waals surface area contributed by atoms with Gasteiger partial charge in [0.2, 0.25) is 5.91 Å². The zero-order valence-corrected chi connectivity index (χ0v) is 26.4. The lowest BCUT2D eigenvalue weighted by Crippen LogP contribution is -2.58. The van der Waals surface area contributed by atoms with Gasteiger partial charge in [-0.05, 0) is 43.4 Å². The molecule has 2 aromatic rings. The molecule has 1 N–H and O–H groups in total. The zero-order chi connectivity index (χ0) is 30.2. The highest BCUT2D eigenvalue weighted by Gasteiger charge is 2.76. The smallest absolute Gasteiger partial charge is 0.311 e. The topological polar surface area (TPSA) is 87.2 Å². The molecular formula is C33H37BrN2O5S. The first-order chi connectivity index (χ1) is 20.2. The van der Waals surface area contributed by atoms with E-state index in [0.29, 0.717) is 12.8 Å². The second-order valence-corrected chi connectivity index (χ2v) is 14.0. The van der Waals surface area contributed by atoms with Crippen molar-refractivity contribution in [2.24, 2.45) is 11.8 Å². The molecule has 222 valence electrons. The first-order valence-corrected chi connectivity index (χ1v) is 16.0. The average molecular weight is 654 g/mol. The Bertz CT molecular complexity index is 1370. The van der Waals surface area contributed by atoms with Crippen LogP contribution >= 0.6 is 27.7 Å². The second kappa shape index (κ2) is 12.4. The number of hydrogen-bond acceptors (Lipinski definition) is 6. The first kappa shape index (κ1) is 30.6. The number of aliphatic hydroxyl groups excluding tert-OH is 1. The molecule has 1 spiro atoms. The van der Waals surface area contributed by atoms with Crippen LogP contribution in [0.15, 0.2) is 73.8 Å². The number of hydrogen-bond donors (Lipinski definition) is 1. The van der Waals surface area contributed by atoms with Crippen LogP contribution in [0.4, 0.5) is 5.69 Å². The van der Waals surface area contributed by atoms with E-state index in [1.807, 2.05) is 62.4 Å². The third kappa shape index (κ3) is 5.03. The largest absolute Gasteiger partial charge is 0.461 e. The van der Waals surface area contributed by atoms with E-state index in [-0.39, 0.29) is 41.6 Å². The van der Waals surface area contributed by atoms with Crippen LogP contribution < -0.4 is 4.90 Å². The number of fused-ring (bicyclic) bond motifs is 1. The molecule has 7 nitrogen and oxygen atoms in total. The summed E-state index contributed by atoms with van der Waals surface area (Å²) < 4.78 is 4.64. The Labute approximate surface area is 260 Å². The maximum atomic E-state index is 15.0. The molecule has 3 fully saturated rings. The Balaban J connectivity index is 1.65. The number of carbonyl (C=O) groups is 3. The van der Waals surface area contributed by atoms with Crippen LogP contribution in [-0.4, -0.2) is 74.5 Å². The van der Waals surface area contributed by atoms with Gasteiger partial charge in [0, 0.05) is 22.3 Å². The Hall–Kier alpha value is -2.88. The molecule has 0 aromatic heterocycles. The number of rotatable bonds is 11. The van der Waals surface area contributed by atoms with Gasteiger partial charge in [-0.25, -0.2) is 0 Å². The molecule has 7 atom stereocenters. The fraction of sp³-hybridized carbons (Fsp3) is 0.424. The van der Waals surface area contributed by atoms with Crippen LogP contribution in [0.25, 0.3) is 0 Å². The minimum atomic E-state index is -0.901. The number of alkyl halides is 1. The summed E-state index contributed by atoms with van der Waals surface area (Å²) in [6, 6.07) is 14.0. The highest BCUT2D eigenvalue weighted by Crippen LogP contribution is 2.68. The maximum absolute atomic E-state index is 15.0. The Kier molecular flexibility index (Phi) is 9.02. The van der Waals surface area contributed by atoms with Crippen molar-refractivity contribution in [2.45, 2.75) is 53.6 Å². The molecule has 0 saturated carbocycles. The molecule has 3 heterocycles. The summed E-state index contributed by atoms with van der Waals surface area (Å²) in [5, 5.41) is 10.5. The zero-order valence-electron chi connectivity index (χ0n) is 23.9. The standard InChI is InChI=1S/C33H37BrN2O5S/c1-5-15-35(27-20(3)11-10-12-21(27)4)31(39)29-33-18-24(34)28(42-33)25(32(40)41-16-6-2)26(33)30(38)36(29)23(19-37)17-22-13-8-7-9-14-22/h5-14,23-26,28-29,37H,1-2,15-19H2,3-4H3/t23-,24?,25-,26+,28-,29?,33?/m1/s1. The number of likely N-dealkylation sites (tertiary alicyclic amines) is 1. The molecule has 2 aromatic carbocycles. The molecule has 3 aliphatic rings. The summed E-state index contributed by atoms with van der Waals surface area (Å²) in [6.45, 7) is 11.5. The lowest BCUT2D eigenvalue weighted by Gasteiger charge is -2.40. The van der Waals surface area contributed by atoms with Crippen LogP contribution in [0.2, 0.25) is 0 Å². The predicted octanol–water partition coefficient (Wildman–Crippen LogP) is 4.62. The lowest BCUT2D eigenvalue weighted by atomic mass is 9.71. The van der Waals surface area contributed by atoms with E-state index in [1.165, 1.54) is 6.08 Å². The number of benzene rings is 2. The van der Waals surface area contributed by atoms with Gasteiger partial charge in [-0.2, -0.15) is 0 Å². The van der Waals surface area contributed by atoms with Crippen molar-refractivity contribution in [1.82, 2.24) is 4.90 Å². The molecule has 2 amide bonds. The number of carbonyl (C=O) groups excluding carboxylic acids is 3. The van der Waals surface area contributed by atoms with E-state index in [9.17, 15) is 19.5 Å². The Morgan fingerprint density at radius 3 is 2.48 bits per heavy atom. The molecule has 9 heteroatoms. The van der Waals surface area contributed by atoms with Gasteiger partial charge >= 0.3 is 5.97 Å². The normalized spacial score (nSPS) is 28.3. The fourth-order valence-electron chi connectivity index (χ4n) is 7.18. The minimum Gasteiger partial charge on any atom is -0.461 e. The molecule has 3 aliphatic heterocycles. The summed E-state index contributed by atoms with van der Waals surface area (Å²) in [4.78, 5) is 46.3. The first-order valence-electron chi connectivity index (χ1n) is 14.2. The molecular weight excluding hydrogens is 616 g/mol. The van der Waals surface area contributed by atoms with Gasteiger partial charge in [0.15, 0.2) is 0 Å². The van der Waals surface area contributed by atoms with Gasteiger partial charge in [0.1, 0.15) is 12.6 Å². The number of nitrogens with zero attached hydrogens (tertiary/aromatic N) is 2. The van der Waals surface area contributed by atoms with Crippen LogP contribution in [-0.2, 0) is 25.5 Å². The van der Waals surface area contributed by atoms with Gasteiger partial charge in [0.25, 0.3) is 5.91 Å². The summed E-state index contributed by atoms with van der Waals surface area (Å²) in [7, 11) is 0. The molecule has 2 bridgehead atoms. The van der Waals surface area contributed by atoms with Crippen molar-refractivity contribution >= 4 is 51.2 Å². The summed E-state index contributed by atoms with van der Waals surface area (Å²) in [6.07, 6.45) is 4.11. The fourth-order valence-corrected chi connectivity index (χ4v) is 10.8. The van der Waals surface area contributed by atoms with Crippen LogP contribution in [0.5, 0.6) is 0 Å².